The molecule has 0 bridgehead atoms. The molecule has 0 aliphatic heterocycles. The molecule has 0 radical (unpaired) electrons. The number of carbonyl (C=O) groups is 2. The van der Waals surface area contributed by atoms with E-state index in [0.29, 0.717) is 5.56 Å². The van der Waals surface area contributed by atoms with Crippen LogP contribution in [0.4, 0.5) is 0 Å². The Balaban J connectivity index is 1.77. The third-order valence-corrected chi connectivity index (χ3v) is 3.42. The Morgan fingerprint density at radius 2 is 1.61 bits per heavy atom. The Hall–Kier alpha value is -2.68. The summed E-state index contributed by atoms with van der Waals surface area (Å²) in [6.07, 6.45) is 3.84. The largest absolute Gasteiger partial charge is 0.461 e. The van der Waals surface area contributed by atoms with Crippen LogP contribution in [0.15, 0.2) is 66.7 Å². The fraction of sp³-hybridized carbons (Fsp3) is 0.200. The maximum absolute atomic E-state index is 12.1. The Labute approximate surface area is 136 Å². The van der Waals surface area contributed by atoms with Crippen LogP contribution < -0.4 is 0 Å². The van der Waals surface area contributed by atoms with Crippen molar-refractivity contribution in [3.8, 4) is 0 Å². The van der Waals surface area contributed by atoms with Crippen LogP contribution in [0.1, 0.15) is 29.3 Å². The second-order valence-corrected chi connectivity index (χ2v) is 5.34. The Kier molecular flexibility index (Phi) is 6.30. The highest BCUT2D eigenvalue weighted by Crippen LogP contribution is 2.11. The van der Waals surface area contributed by atoms with Crippen LogP contribution in [0.25, 0.3) is 6.08 Å². The van der Waals surface area contributed by atoms with Crippen LogP contribution in [0, 0.1) is 5.92 Å². The van der Waals surface area contributed by atoms with Gasteiger partial charge in [-0.15, -0.1) is 0 Å². The van der Waals surface area contributed by atoms with E-state index in [2.05, 4.69) is 0 Å². The van der Waals surface area contributed by atoms with Crippen molar-refractivity contribution in [1.29, 1.82) is 0 Å². The highest BCUT2D eigenvalue weighted by Gasteiger charge is 2.18. The molecule has 2 rings (SSSR count). The number of hydrogen-bond acceptors (Lipinski definition) is 3. The molecule has 0 aromatic heterocycles. The topological polar surface area (TPSA) is 43.4 Å². The first-order chi connectivity index (χ1) is 11.2. The van der Waals surface area contributed by atoms with E-state index in [1.54, 1.807) is 25.1 Å². The summed E-state index contributed by atoms with van der Waals surface area (Å²) in [4.78, 5) is 24.0. The van der Waals surface area contributed by atoms with Gasteiger partial charge in [-0.1, -0.05) is 73.7 Å². The van der Waals surface area contributed by atoms with E-state index >= 15 is 0 Å². The molecule has 0 spiro atoms. The summed E-state index contributed by atoms with van der Waals surface area (Å²) in [6, 6.07) is 18.8. The molecule has 23 heavy (non-hydrogen) atoms. The van der Waals surface area contributed by atoms with Gasteiger partial charge in [0.1, 0.15) is 6.61 Å². The number of benzene rings is 2. The summed E-state index contributed by atoms with van der Waals surface area (Å²) < 4.78 is 5.18. The second kappa shape index (κ2) is 8.69. The van der Waals surface area contributed by atoms with Crippen molar-refractivity contribution < 1.29 is 14.3 Å². The zero-order valence-corrected chi connectivity index (χ0v) is 13.1. The molecule has 0 saturated carbocycles. The zero-order chi connectivity index (χ0) is 16.5. The van der Waals surface area contributed by atoms with Crippen molar-refractivity contribution in [2.45, 2.75) is 13.3 Å². The molecule has 1 unspecified atom stereocenters. The number of esters is 1. The third-order valence-electron chi connectivity index (χ3n) is 3.42. The van der Waals surface area contributed by atoms with Gasteiger partial charge in [0.15, 0.2) is 5.78 Å². The minimum Gasteiger partial charge on any atom is -0.461 e. The molecule has 0 N–H and O–H groups in total. The van der Waals surface area contributed by atoms with E-state index in [9.17, 15) is 9.59 Å². The molecule has 1 atom stereocenters. The van der Waals surface area contributed by atoms with Gasteiger partial charge in [-0.05, 0) is 11.6 Å². The van der Waals surface area contributed by atoms with Gasteiger partial charge in [0.2, 0.25) is 0 Å². The monoisotopic (exact) mass is 308 g/mol. The number of rotatable bonds is 7. The van der Waals surface area contributed by atoms with Gasteiger partial charge in [0.05, 0.1) is 5.92 Å². The minimum absolute atomic E-state index is 0.0464. The van der Waals surface area contributed by atoms with E-state index in [4.69, 9.17) is 4.74 Å². The summed E-state index contributed by atoms with van der Waals surface area (Å²) in [5.41, 5.74) is 1.67. The first-order valence-corrected chi connectivity index (χ1v) is 7.63. The maximum atomic E-state index is 12.1. The Bertz CT molecular complexity index is 660. The van der Waals surface area contributed by atoms with Gasteiger partial charge in [-0.2, -0.15) is 0 Å². The van der Waals surface area contributed by atoms with Gasteiger partial charge in [-0.3, -0.25) is 9.59 Å². The van der Waals surface area contributed by atoms with E-state index < -0.39 is 5.92 Å². The minimum atomic E-state index is -0.451. The summed E-state index contributed by atoms with van der Waals surface area (Å²) in [6.45, 7) is 1.92. The standard InChI is InChI=1S/C20H20O3/c1-16(15-19(21)18-12-6-3-7-13-18)20(22)23-14-8-11-17-9-4-2-5-10-17/h2-13,16H,14-15H2,1H3/b11-8+. The number of ether oxygens (including phenoxy) is 1. The second-order valence-electron chi connectivity index (χ2n) is 5.34. The summed E-state index contributed by atoms with van der Waals surface area (Å²) >= 11 is 0. The van der Waals surface area contributed by atoms with Crippen LogP contribution >= 0.6 is 0 Å². The van der Waals surface area contributed by atoms with Crippen molar-refractivity contribution in [2.75, 3.05) is 6.61 Å². The normalized spacial score (nSPS) is 12.0. The smallest absolute Gasteiger partial charge is 0.309 e. The summed E-state index contributed by atoms with van der Waals surface area (Å²) in [5.74, 6) is -0.852. The molecule has 0 aliphatic carbocycles. The van der Waals surface area contributed by atoms with E-state index in [1.165, 1.54) is 0 Å². The maximum Gasteiger partial charge on any atom is 0.309 e. The molecule has 0 saturated heterocycles. The number of hydrogen-bond donors (Lipinski definition) is 0. The highest BCUT2D eigenvalue weighted by atomic mass is 16.5. The number of ketones is 1. The van der Waals surface area contributed by atoms with Crippen LogP contribution in [0.2, 0.25) is 0 Å². The molecule has 118 valence electrons. The van der Waals surface area contributed by atoms with Crippen LogP contribution in [-0.4, -0.2) is 18.4 Å². The lowest BCUT2D eigenvalue weighted by molar-refractivity contribution is -0.146. The SMILES string of the molecule is CC(CC(=O)c1ccccc1)C(=O)OC/C=C/c1ccccc1. The molecular formula is C20H20O3. The molecule has 0 fully saturated rings. The molecule has 0 aliphatic rings. The van der Waals surface area contributed by atoms with E-state index in [-0.39, 0.29) is 24.8 Å². The fourth-order valence-corrected chi connectivity index (χ4v) is 2.12. The Morgan fingerprint density at radius 1 is 1.00 bits per heavy atom. The van der Waals surface area contributed by atoms with Crippen molar-refractivity contribution in [3.63, 3.8) is 0 Å². The number of carbonyl (C=O) groups excluding carboxylic acids is 2. The molecule has 2 aromatic rings. The molecule has 3 nitrogen and oxygen atoms in total. The lowest BCUT2D eigenvalue weighted by Gasteiger charge is -2.09. The molecule has 0 heterocycles. The molecule has 2 aromatic carbocycles. The van der Waals surface area contributed by atoms with Crippen molar-refractivity contribution >= 4 is 17.8 Å². The van der Waals surface area contributed by atoms with Crippen LogP contribution in [0.5, 0.6) is 0 Å². The van der Waals surface area contributed by atoms with Crippen molar-refractivity contribution in [1.82, 2.24) is 0 Å². The highest BCUT2D eigenvalue weighted by molar-refractivity contribution is 5.97. The van der Waals surface area contributed by atoms with Gasteiger partial charge in [0.25, 0.3) is 0 Å². The first-order valence-electron chi connectivity index (χ1n) is 7.63. The summed E-state index contributed by atoms with van der Waals surface area (Å²) in [7, 11) is 0. The van der Waals surface area contributed by atoms with Gasteiger partial charge in [-0.25, -0.2) is 0 Å². The fourth-order valence-electron chi connectivity index (χ4n) is 2.12. The van der Waals surface area contributed by atoms with Gasteiger partial charge < -0.3 is 4.74 Å². The van der Waals surface area contributed by atoms with Crippen molar-refractivity contribution in [2.24, 2.45) is 5.92 Å². The van der Waals surface area contributed by atoms with Crippen molar-refractivity contribution in [3.05, 3.63) is 77.9 Å². The predicted molar refractivity (Wildman–Crippen MR) is 91.0 cm³/mol. The molecular weight excluding hydrogens is 288 g/mol. The number of Topliss-reactive ketones (excluding diaryl/α,β-unsaturated/α-hetero) is 1. The lowest BCUT2D eigenvalue weighted by atomic mass is 10.00. The zero-order valence-electron chi connectivity index (χ0n) is 13.1. The molecule has 0 amide bonds. The third kappa shape index (κ3) is 5.55. The quantitative estimate of drug-likeness (QED) is 0.570. The Morgan fingerprint density at radius 3 is 2.26 bits per heavy atom. The molecule has 3 heteroatoms. The lowest BCUT2D eigenvalue weighted by Crippen LogP contribution is -2.18. The van der Waals surface area contributed by atoms with E-state index in [1.807, 2.05) is 54.6 Å². The average molecular weight is 308 g/mol. The first kappa shape index (κ1) is 16.7. The van der Waals surface area contributed by atoms with Crippen LogP contribution in [0.3, 0.4) is 0 Å². The van der Waals surface area contributed by atoms with Crippen LogP contribution in [-0.2, 0) is 9.53 Å². The van der Waals surface area contributed by atoms with Gasteiger partial charge >= 0.3 is 5.97 Å². The summed E-state index contributed by atoms with van der Waals surface area (Å²) in [5, 5.41) is 0. The van der Waals surface area contributed by atoms with Gasteiger partial charge in [0, 0.05) is 12.0 Å². The average Bonchev–Trinajstić information content (AvgIpc) is 2.60. The van der Waals surface area contributed by atoms with E-state index in [0.717, 1.165) is 5.56 Å². The predicted octanol–water partition coefficient (Wildman–Crippen LogP) is 4.15.